The Labute approximate surface area is 105 Å². The summed E-state index contributed by atoms with van der Waals surface area (Å²) in [6.07, 6.45) is 3.54. The summed E-state index contributed by atoms with van der Waals surface area (Å²) in [4.78, 5) is 16.7. The van der Waals surface area contributed by atoms with Crippen LogP contribution in [0, 0.1) is 0 Å². The Morgan fingerprint density at radius 1 is 1.39 bits per heavy atom. The first-order valence-corrected chi connectivity index (χ1v) is 5.54. The van der Waals surface area contributed by atoms with Crippen LogP contribution in [-0.4, -0.2) is 28.0 Å². The molecule has 0 fully saturated rings. The molecule has 0 unspecified atom stereocenters. The SMILES string of the molecule is CN(Cc1cccnc1)Cc1ccc(C(=O)O)o1. The predicted octanol–water partition coefficient (Wildman–Crippen LogP) is 2.00. The van der Waals surface area contributed by atoms with Gasteiger partial charge in [-0.1, -0.05) is 6.07 Å². The summed E-state index contributed by atoms with van der Waals surface area (Å²) in [6.45, 7) is 1.29. The number of aromatic nitrogens is 1. The van der Waals surface area contributed by atoms with Crippen molar-refractivity contribution in [1.29, 1.82) is 0 Å². The smallest absolute Gasteiger partial charge is 0.371 e. The van der Waals surface area contributed by atoms with Crippen LogP contribution in [0.1, 0.15) is 21.9 Å². The Bertz CT molecular complexity index is 522. The van der Waals surface area contributed by atoms with Gasteiger partial charge in [0.1, 0.15) is 5.76 Å². The normalized spacial score (nSPS) is 10.8. The number of pyridine rings is 1. The monoisotopic (exact) mass is 246 g/mol. The van der Waals surface area contributed by atoms with Crippen LogP contribution in [0.25, 0.3) is 0 Å². The summed E-state index contributed by atoms with van der Waals surface area (Å²) in [5, 5.41) is 8.75. The van der Waals surface area contributed by atoms with E-state index in [1.54, 1.807) is 18.5 Å². The minimum absolute atomic E-state index is 0.0280. The van der Waals surface area contributed by atoms with Gasteiger partial charge in [-0.15, -0.1) is 0 Å². The topological polar surface area (TPSA) is 66.6 Å². The first-order valence-electron chi connectivity index (χ1n) is 5.54. The molecular weight excluding hydrogens is 232 g/mol. The lowest BCUT2D eigenvalue weighted by atomic mass is 10.2. The molecule has 0 saturated heterocycles. The van der Waals surface area contributed by atoms with Crippen LogP contribution in [0.2, 0.25) is 0 Å². The molecule has 0 aliphatic rings. The highest BCUT2D eigenvalue weighted by Gasteiger charge is 2.10. The molecule has 1 N–H and O–H groups in total. The maximum Gasteiger partial charge on any atom is 0.371 e. The molecule has 5 heteroatoms. The van der Waals surface area contributed by atoms with Crippen molar-refractivity contribution < 1.29 is 14.3 Å². The van der Waals surface area contributed by atoms with Crippen molar-refractivity contribution in [2.75, 3.05) is 7.05 Å². The number of carboxylic acid groups (broad SMARTS) is 1. The largest absolute Gasteiger partial charge is 0.475 e. The Kier molecular flexibility index (Phi) is 3.74. The molecule has 2 aromatic heterocycles. The van der Waals surface area contributed by atoms with Gasteiger partial charge in [-0.2, -0.15) is 0 Å². The van der Waals surface area contributed by atoms with Crippen molar-refractivity contribution in [3.63, 3.8) is 0 Å². The van der Waals surface area contributed by atoms with Crippen LogP contribution in [0.3, 0.4) is 0 Å². The lowest BCUT2D eigenvalue weighted by molar-refractivity contribution is 0.0658. The van der Waals surface area contributed by atoms with E-state index in [1.807, 2.05) is 24.1 Å². The molecule has 0 bridgehead atoms. The van der Waals surface area contributed by atoms with Gasteiger partial charge in [-0.05, 0) is 30.8 Å². The molecule has 0 saturated carbocycles. The number of aromatic carboxylic acids is 1. The highest BCUT2D eigenvalue weighted by molar-refractivity contribution is 5.84. The molecule has 2 aromatic rings. The van der Waals surface area contributed by atoms with E-state index in [-0.39, 0.29) is 5.76 Å². The summed E-state index contributed by atoms with van der Waals surface area (Å²) in [5.41, 5.74) is 1.10. The van der Waals surface area contributed by atoms with Gasteiger partial charge in [0.25, 0.3) is 0 Å². The van der Waals surface area contributed by atoms with Crippen LogP contribution in [0.4, 0.5) is 0 Å². The van der Waals surface area contributed by atoms with Gasteiger partial charge in [0.2, 0.25) is 5.76 Å². The number of furan rings is 1. The molecular formula is C13H14N2O3. The standard InChI is InChI=1S/C13H14N2O3/c1-15(8-10-3-2-6-14-7-10)9-11-4-5-12(18-11)13(16)17/h2-7H,8-9H2,1H3,(H,16,17). The zero-order chi connectivity index (χ0) is 13.0. The van der Waals surface area contributed by atoms with E-state index in [9.17, 15) is 4.79 Å². The van der Waals surface area contributed by atoms with Gasteiger partial charge in [-0.25, -0.2) is 4.79 Å². The fraction of sp³-hybridized carbons (Fsp3) is 0.231. The maximum atomic E-state index is 10.7. The molecule has 5 nitrogen and oxygen atoms in total. The van der Waals surface area contributed by atoms with Crippen molar-refractivity contribution in [2.24, 2.45) is 0 Å². The van der Waals surface area contributed by atoms with E-state index < -0.39 is 5.97 Å². The van der Waals surface area contributed by atoms with Gasteiger partial charge in [0.15, 0.2) is 0 Å². The molecule has 2 heterocycles. The lowest BCUT2D eigenvalue weighted by Crippen LogP contribution is -2.16. The number of hydrogen-bond acceptors (Lipinski definition) is 4. The minimum atomic E-state index is -1.05. The zero-order valence-corrected chi connectivity index (χ0v) is 10.0. The maximum absolute atomic E-state index is 10.7. The molecule has 0 aliphatic heterocycles. The molecule has 0 amide bonds. The fourth-order valence-corrected chi connectivity index (χ4v) is 1.70. The van der Waals surface area contributed by atoms with E-state index in [4.69, 9.17) is 9.52 Å². The quantitative estimate of drug-likeness (QED) is 0.874. The van der Waals surface area contributed by atoms with E-state index in [0.717, 1.165) is 12.1 Å². The molecule has 94 valence electrons. The number of hydrogen-bond donors (Lipinski definition) is 1. The highest BCUT2D eigenvalue weighted by Crippen LogP contribution is 2.11. The number of nitrogens with zero attached hydrogens (tertiary/aromatic N) is 2. The minimum Gasteiger partial charge on any atom is -0.475 e. The molecule has 0 aliphatic carbocycles. The summed E-state index contributed by atoms with van der Waals surface area (Å²) in [7, 11) is 1.94. The van der Waals surface area contributed by atoms with Gasteiger partial charge >= 0.3 is 5.97 Å². The van der Waals surface area contributed by atoms with Gasteiger partial charge in [0, 0.05) is 18.9 Å². The summed E-state index contributed by atoms with van der Waals surface area (Å²) in [5.74, 6) is -0.435. The molecule has 2 rings (SSSR count). The Hall–Kier alpha value is -2.14. The van der Waals surface area contributed by atoms with Crippen LogP contribution < -0.4 is 0 Å². The summed E-state index contributed by atoms with van der Waals surface area (Å²) in [6, 6.07) is 7.03. The van der Waals surface area contributed by atoms with Crippen molar-refractivity contribution in [1.82, 2.24) is 9.88 Å². The van der Waals surface area contributed by atoms with E-state index in [0.29, 0.717) is 12.3 Å². The number of rotatable bonds is 5. The first kappa shape index (κ1) is 12.3. The number of carbonyl (C=O) groups is 1. The second kappa shape index (κ2) is 5.46. The summed E-state index contributed by atoms with van der Waals surface area (Å²) >= 11 is 0. The van der Waals surface area contributed by atoms with Crippen molar-refractivity contribution in [3.05, 3.63) is 53.7 Å². The molecule has 0 aromatic carbocycles. The first-order chi connectivity index (χ1) is 8.65. The Balaban J connectivity index is 1.94. The average molecular weight is 246 g/mol. The van der Waals surface area contributed by atoms with E-state index >= 15 is 0 Å². The van der Waals surface area contributed by atoms with Crippen molar-refractivity contribution >= 4 is 5.97 Å². The summed E-state index contributed by atoms with van der Waals surface area (Å²) < 4.78 is 5.20. The second-order valence-electron chi connectivity index (χ2n) is 4.10. The van der Waals surface area contributed by atoms with Crippen LogP contribution >= 0.6 is 0 Å². The second-order valence-corrected chi connectivity index (χ2v) is 4.10. The Morgan fingerprint density at radius 3 is 2.83 bits per heavy atom. The Morgan fingerprint density at radius 2 is 2.22 bits per heavy atom. The molecule has 0 spiro atoms. The van der Waals surface area contributed by atoms with E-state index in [1.165, 1.54) is 6.07 Å². The van der Waals surface area contributed by atoms with Crippen LogP contribution in [0.15, 0.2) is 41.1 Å². The zero-order valence-electron chi connectivity index (χ0n) is 10.0. The van der Waals surface area contributed by atoms with Gasteiger partial charge in [0.05, 0.1) is 6.54 Å². The van der Waals surface area contributed by atoms with Gasteiger partial charge in [-0.3, -0.25) is 9.88 Å². The third-order valence-electron chi connectivity index (χ3n) is 2.47. The average Bonchev–Trinajstić information content (AvgIpc) is 2.78. The van der Waals surface area contributed by atoms with Gasteiger partial charge < -0.3 is 9.52 Å². The highest BCUT2D eigenvalue weighted by atomic mass is 16.4. The predicted molar refractivity (Wildman–Crippen MR) is 65.1 cm³/mol. The third-order valence-corrected chi connectivity index (χ3v) is 2.47. The lowest BCUT2D eigenvalue weighted by Gasteiger charge is -2.14. The van der Waals surface area contributed by atoms with Crippen LogP contribution in [-0.2, 0) is 13.1 Å². The van der Waals surface area contributed by atoms with Crippen molar-refractivity contribution in [3.8, 4) is 0 Å². The molecule has 18 heavy (non-hydrogen) atoms. The van der Waals surface area contributed by atoms with E-state index in [2.05, 4.69) is 4.98 Å². The van der Waals surface area contributed by atoms with Crippen molar-refractivity contribution in [2.45, 2.75) is 13.1 Å². The molecule has 0 atom stereocenters. The fourth-order valence-electron chi connectivity index (χ4n) is 1.70. The van der Waals surface area contributed by atoms with Crippen LogP contribution in [0.5, 0.6) is 0 Å². The number of carboxylic acids is 1. The third kappa shape index (κ3) is 3.18. The molecule has 0 radical (unpaired) electrons.